The molecule has 0 bridgehead atoms. The van der Waals surface area contributed by atoms with E-state index in [0.717, 1.165) is 19.3 Å². The lowest BCUT2D eigenvalue weighted by Gasteiger charge is -2.16. The number of thiophene rings is 1. The fourth-order valence-electron chi connectivity index (χ4n) is 2.74. The fourth-order valence-corrected chi connectivity index (χ4v) is 3.91. The Morgan fingerprint density at radius 2 is 2.35 bits per heavy atom. The predicted octanol–water partition coefficient (Wildman–Crippen LogP) is 2.35. The Hall–Kier alpha value is -1.71. The van der Waals surface area contributed by atoms with Crippen LogP contribution in [-0.2, 0) is 22.4 Å². The largest absolute Gasteiger partial charge is 0.385 e. The Labute approximate surface area is 140 Å². The minimum absolute atomic E-state index is 0.385. The van der Waals surface area contributed by atoms with Gasteiger partial charge in [-0.3, -0.25) is 9.59 Å². The molecule has 2 rings (SSSR count). The maximum absolute atomic E-state index is 12.5. The molecule has 0 aromatic carbocycles. The second-order valence-corrected chi connectivity index (χ2v) is 7.11. The average Bonchev–Trinajstić information content (AvgIpc) is 2.95. The number of nitriles is 1. The molecule has 1 heterocycles. The molecule has 0 radical (unpaired) electrons. The number of nitrogens with zero attached hydrogens (tertiary/aromatic N) is 1. The molecule has 0 fully saturated rings. The molecule has 124 valence electrons. The highest BCUT2D eigenvalue weighted by atomic mass is 32.1. The van der Waals surface area contributed by atoms with Gasteiger partial charge < -0.3 is 10.1 Å². The van der Waals surface area contributed by atoms with Gasteiger partial charge >= 0.3 is 0 Å². The molecule has 0 saturated carbocycles. The van der Waals surface area contributed by atoms with Crippen LogP contribution in [0.5, 0.6) is 0 Å². The highest BCUT2D eigenvalue weighted by Crippen LogP contribution is 2.33. The van der Waals surface area contributed by atoms with Gasteiger partial charge in [0.15, 0.2) is 11.7 Å². The zero-order chi connectivity index (χ0) is 16.8. The van der Waals surface area contributed by atoms with Gasteiger partial charge in [-0.2, -0.15) is 5.26 Å². The first-order valence-electron chi connectivity index (χ1n) is 7.88. The molecule has 5 nitrogen and oxygen atoms in total. The maximum Gasteiger partial charge on any atom is 0.245 e. The highest BCUT2D eigenvalue weighted by Gasteiger charge is 2.30. The van der Waals surface area contributed by atoms with Gasteiger partial charge in [-0.1, -0.05) is 6.92 Å². The monoisotopic (exact) mass is 334 g/mol. The van der Waals surface area contributed by atoms with E-state index >= 15 is 0 Å². The summed E-state index contributed by atoms with van der Waals surface area (Å²) in [6.45, 7) is 3.13. The standard InChI is InChI=1S/C17H22N2O3S/c1-11-4-5-14-12(8-11)9-15(23-14)16(20)13(10-18)17(21)19-6-3-7-22-2/h9,11,13H,3-8H2,1-2H3,(H,19,21). The van der Waals surface area contributed by atoms with E-state index in [1.807, 2.05) is 12.1 Å². The third-order valence-electron chi connectivity index (χ3n) is 4.05. The maximum atomic E-state index is 12.5. The molecular weight excluding hydrogens is 312 g/mol. The number of carbonyl (C=O) groups is 2. The van der Waals surface area contributed by atoms with Crippen molar-refractivity contribution in [3.63, 3.8) is 0 Å². The van der Waals surface area contributed by atoms with Gasteiger partial charge in [0.25, 0.3) is 0 Å². The first-order valence-corrected chi connectivity index (χ1v) is 8.70. The predicted molar refractivity (Wildman–Crippen MR) is 88.4 cm³/mol. The van der Waals surface area contributed by atoms with Crippen molar-refractivity contribution in [1.29, 1.82) is 5.26 Å². The van der Waals surface area contributed by atoms with Crippen molar-refractivity contribution in [3.05, 3.63) is 21.4 Å². The van der Waals surface area contributed by atoms with Crippen LogP contribution in [0.1, 0.15) is 39.9 Å². The number of hydrogen-bond donors (Lipinski definition) is 1. The van der Waals surface area contributed by atoms with Crippen LogP contribution in [0.15, 0.2) is 6.07 Å². The molecule has 1 aromatic heterocycles. The summed E-state index contributed by atoms with van der Waals surface area (Å²) in [5, 5.41) is 11.9. The number of amides is 1. The molecule has 2 unspecified atom stereocenters. The van der Waals surface area contributed by atoms with Gasteiger partial charge in [0.2, 0.25) is 5.91 Å². The summed E-state index contributed by atoms with van der Waals surface area (Å²) in [7, 11) is 1.59. The van der Waals surface area contributed by atoms with Crippen LogP contribution >= 0.6 is 11.3 Å². The van der Waals surface area contributed by atoms with E-state index in [-0.39, 0.29) is 5.78 Å². The normalized spacial score (nSPS) is 17.9. The molecule has 0 saturated heterocycles. The SMILES string of the molecule is COCCCNC(=O)C(C#N)C(=O)c1cc2c(s1)CCC(C)C2. The molecule has 1 aliphatic rings. The first kappa shape index (κ1) is 17.6. The summed E-state index contributed by atoms with van der Waals surface area (Å²) in [5.41, 5.74) is 1.20. The lowest BCUT2D eigenvalue weighted by atomic mass is 9.89. The van der Waals surface area contributed by atoms with Crippen LogP contribution in [0, 0.1) is 23.2 Å². The molecule has 2 atom stereocenters. The number of carbonyl (C=O) groups excluding carboxylic acids is 2. The van der Waals surface area contributed by atoms with Crippen molar-refractivity contribution < 1.29 is 14.3 Å². The number of ether oxygens (including phenoxy) is 1. The Balaban J connectivity index is 2.02. The molecule has 0 spiro atoms. The first-order chi connectivity index (χ1) is 11.1. The van der Waals surface area contributed by atoms with Crippen LogP contribution in [0.2, 0.25) is 0 Å². The Kier molecular flexibility index (Phi) is 6.31. The summed E-state index contributed by atoms with van der Waals surface area (Å²) in [4.78, 5) is 26.3. The quantitative estimate of drug-likeness (QED) is 0.471. The van der Waals surface area contributed by atoms with E-state index < -0.39 is 11.8 Å². The number of rotatable bonds is 7. The topological polar surface area (TPSA) is 79.2 Å². The third kappa shape index (κ3) is 4.40. The van der Waals surface area contributed by atoms with Gasteiger partial charge in [0.05, 0.1) is 10.9 Å². The van der Waals surface area contributed by atoms with E-state index in [9.17, 15) is 14.9 Å². The number of Topliss-reactive ketones (excluding diaryl/α,β-unsaturated/α-hetero) is 1. The van der Waals surface area contributed by atoms with Crippen LogP contribution in [0.25, 0.3) is 0 Å². The summed E-state index contributed by atoms with van der Waals surface area (Å²) in [6, 6.07) is 3.72. The van der Waals surface area contributed by atoms with Gasteiger partial charge in [-0.05, 0) is 43.2 Å². The zero-order valence-electron chi connectivity index (χ0n) is 13.6. The van der Waals surface area contributed by atoms with Crippen molar-refractivity contribution in [2.24, 2.45) is 11.8 Å². The van der Waals surface area contributed by atoms with Crippen molar-refractivity contribution in [1.82, 2.24) is 5.32 Å². The van der Waals surface area contributed by atoms with Gasteiger partial charge in [0.1, 0.15) is 0 Å². The minimum Gasteiger partial charge on any atom is -0.385 e. The van der Waals surface area contributed by atoms with Gasteiger partial charge in [-0.15, -0.1) is 11.3 Å². The fraction of sp³-hybridized carbons (Fsp3) is 0.588. The lowest BCUT2D eigenvalue weighted by Crippen LogP contribution is -2.35. The number of fused-ring (bicyclic) bond motifs is 1. The van der Waals surface area contributed by atoms with Crippen LogP contribution in [0.4, 0.5) is 0 Å². The molecule has 23 heavy (non-hydrogen) atoms. The summed E-state index contributed by atoms with van der Waals surface area (Å²) in [6.07, 6.45) is 3.73. The molecular formula is C17H22N2O3S. The number of methoxy groups -OCH3 is 1. The molecule has 1 aliphatic carbocycles. The van der Waals surface area contributed by atoms with E-state index in [1.54, 1.807) is 7.11 Å². The van der Waals surface area contributed by atoms with Crippen molar-refractivity contribution >= 4 is 23.0 Å². The average molecular weight is 334 g/mol. The Morgan fingerprint density at radius 1 is 1.57 bits per heavy atom. The number of aryl methyl sites for hydroxylation is 1. The molecule has 1 amide bonds. The molecule has 1 aromatic rings. The van der Waals surface area contributed by atoms with E-state index in [4.69, 9.17) is 4.74 Å². The number of nitrogens with one attached hydrogen (secondary N) is 1. The van der Waals surface area contributed by atoms with E-state index in [0.29, 0.717) is 30.4 Å². The number of hydrogen-bond acceptors (Lipinski definition) is 5. The summed E-state index contributed by atoms with van der Waals surface area (Å²) in [5.74, 6) is -1.55. The summed E-state index contributed by atoms with van der Waals surface area (Å²) >= 11 is 1.44. The van der Waals surface area contributed by atoms with E-state index in [2.05, 4.69) is 12.2 Å². The summed E-state index contributed by atoms with van der Waals surface area (Å²) < 4.78 is 4.90. The Bertz CT molecular complexity index is 618. The van der Waals surface area contributed by atoms with E-state index in [1.165, 1.54) is 21.8 Å². The van der Waals surface area contributed by atoms with Crippen LogP contribution in [0.3, 0.4) is 0 Å². The third-order valence-corrected chi connectivity index (χ3v) is 5.30. The van der Waals surface area contributed by atoms with Crippen molar-refractivity contribution in [2.45, 2.75) is 32.6 Å². The van der Waals surface area contributed by atoms with Crippen molar-refractivity contribution in [2.75, 3.05) is 20.3 Å². The smallest absolute Gasteiger partial charge is 0.245 e. The molecule has 1 N–H and O–H groups in total. The minimum atomic E-state index is -1.27. The van der Waals surface area contributed by atoms with Gasteiger partial charge in [0, 0.05) is 25.1 Å². The van der Waals surface area contributed by atoms with Gasteiger partial charge in [-0.25, -0.2) is 0 Å². The van der Waals surface area contributed by atoms with Crippen molar-refractivity contribution in [3.8, 4) is 6.07 Å². The second-order valence-electron chi connectivity index (χ2n) is 5.97. The zero-order valence-corrected chi connectivity index (χ0v) is 14.4. The second kappa shape index (κ2) is 8.23. The Morgan fingerprint density at radius 3 is 3.04 bits per heavy atom. The molecule has 6 heteroatoms. The van der Waals surface area contributed by atoms with Crippen LogP contribution < -0.4 is 5.32 Å². The number of ketones is 1. The lowest BCUT2D eigenvalue weighted by molar-refractivity contribution is -0.122. The highest BCUT2D eigenvalue weighted by molar-refractivity contribution is 7.14. The molecule has 0 aliphatic heterocycles. The van der Waals surface area contributed by atoms with Crippen LogP contribution in [-0.4, -0.2) is 32.0 Å².